The van der Waals surface area contributed by atoms with Crippen LogP contribution in [0.15, 0.2) is 5.16 Å². The quantitative estimate of drug-likeness (QED) is 0.565. The summed E-state index contributed by atoms with van der Waals surface area (Å²) in [5.41, 5.74) is 0. The van der Waals surface area contributed by atoms with Crippen molar-refractivity contribution in [1.29, 1.82) is 0 Å². The maximum absolute atomic E-state index is 11.6. The van der Waals surface area contributed by atoms with Crippen molar-refractivity contribution >= 4 is 29.6 Å². The first-order valence-corrected chi connectivity index (χ1v) is 7.90. The topological polar surface area (TPSA) is 80.7 Å². The van der Waals surface area contributed by atoms with Gasteiger partial charge in [-0.25, -0.2) is 0 Å². The van der Waals surface area contributed by atoms with Crippen molar-refractivity contribution in [3.63, 3.8) is 0 Å². The number of morpholine rings is 1. The Balaban J connectivity index is 2.24. The van der Waals surface area contributed by atoms with Gasteiger partial charge in [0.15, 0.2) is 5.16 Å². The molecular formula is C13H21N5O3S. The van der Waals surface area contributed by atoms with Gasteiger partial charge in [0, 0.05) is 27.2 Å². The number of aromatic nitrogens is 3. The predicted octanol–water partition coefficient (Wildman–Crippen LogP) is 0.428. The lowest BCUT2D eigenvalue weighted by Crippen LogP contribution is -2.37. The fourth-order valence-electron chi connectivity index (χ4n) is 1.87. The Morgan fingerprint density at radius 3 is 2.59 bits per heavy atom. The van der Waals surface area contributed by atoms with Gasteiger partial charge in [0.25, 0.3) is 0 Å². The van der Waals surface area contributed by atoms with Crippen LogP contribution in [0.25, 0.3) is 0 Å². The molecule has 9 heteroatoms. The zero-order valence-electron chi connectivity index (χ0n) is 13.3. The van der Waals surface area contributed by atoms with Crippen LogP contribution in [0.2, 0.25) is 0 Å². The van der Waals surface area contributed by atoms with E-state index < -0.39 is 0 Å². The summed E-state index contributed by atoms with van der Waals surface area (Å²) < 4.78 is 10.1. The van der Waals surface area contributed by atoms with Crippen molar-refractivity contribution in [2.24, 2.45) is 0 Å². The second kappa shape index (κ2) is 7.59. The molecule has 1 aliphatic heterocycles. The number of rotatable bonds is 5. The third kappa shape index (κ3) is 4.20. The van der Waals surface area contributed by atoms with Crippen LogP contribution in [-0.4, -0.2) is 73.7 Å². The van der Waals surface area contributed by atoms with Crippen molar-refractivity contribution in [1.82, 2.24) is 15.0 Å². The minimum absolute atomic E-state index is 0.301. The highest BCUT2D eigenvalue weighted by molar-refractivity contribution is 8.00. The van der Waals surface area contributed by atoms with E-state index in [-0.39, 0.29) is 11.2 Å². The van der Waals surface area contributed by atoms with Crippen molar-refractivity contribution in [3.05, 3.63) is 0 Å². The highest BCUT2D eigenvalue weighted by Gasteiger charge is 2.21. The summed E-state index contributed by atoms with van der Waals surface area (Å²) in [6, 6.07) is 0. The van der Waals surface area contributed by atoms with Gasteiger partial charge in [0.05, 0.1) is 20.3 Å². The monoisotopic (exact) mass is 327 g/mol. The zero-order valence-corrected chi connectivity index (χ0v) is 14.1. The van der Waals surface area contributed by atoms with Gasteiger partial charge in [-0.1, -0.05) is 11.8 Å². The highest BCUT2D eigenvalue weighted by Crippen LogP contribution is 2.24. The molecule has 0 spiro atoms. The summed E-state index contributed by atoms with van der Waals surface area (Å²) >= 11 is 1.26. The zero-order chi connectivity index (χ0) is 16.1. The van der Waals surface area contributed by atoms with Crippen molar-refractivity contribution in [3.8, 4) is 0 Å². The van der Waals surface area contributed by atoms with Crippen LogP contribution in [-0.2, 0) is 14.3 Å². The molecule has 1 unspecified atom stereocenters. The summed E-state index contributed by atoms with van der Waals surface area (Å²) in [6.07, 6.45) is 0. The molecule has 0 N–H and O–H groups in total. The summed E-state index contributed by atoms with van der Waals surface area (Å²) in [5.74, 6) is 0.877. The molecule has 0 amide bonds. The number of esters is 1. The van der Waals surface area contributed by atoms with Gasteiger partial charge in [0.1, 0.15) is 5.25 Å². The molecule has 1 atom stereocenters. The second-order valence-electron chi connectivity index (χ2n) is 5.00. The maximum atomic E-state index is 11.6. The molecule has 1 fully saturated rings. The number of carbonyl (C=O) groups excluding carboxylic acids is 1. The molecule has 0 saturated carbocycles. The van der Waals surface area contributed by atoms with Gasteiger partial charge in [0.2, 0.25) is 11.9 Å². The minimum Gasteiger partial charge on any atom is -0.468 e. The van der Waals surface area contributed by atoms with E-state index in [1.165, 1.54) is 18.9 Å². The van der Waals surface area contributed by atoms with E-state index in [1.807, 2.05) is 19.0 Å². The Morgan fingerprint density at radius 2 is 2.00 bits per heavy atom. The van der Waals surface area contributed by atoms with Crippen LogP contribution in [0.5, 0.6) is 0 Å². The Labute approximate surface area is 134 Å². The van der Waals surface area contributed by atoms with Crippen LogP contribution in [0.1, 0.15) is 6.92 Å². The molecule has 1 aromatic heterocycles. The second-order valence-corrected chi connectivity index (χ2v) is 6.30. The fraction of sp³-hybridized carbons (Fsp3) is 0.692. The Morgan fingerprint density at radius 1 is 1.32 bits per heavy atom. The first-order valence-electron chi connectivity index (χ1n) is 7.02. The third-order valence-electron chi connectivity index (χ3n) is 3.10. The normalized spacial score (nSPS) is 16.3. The lowest BCUT2D eigenvalue weighted by Gasteiger charge is -2.27. The van der Waals surface area contributed by atoms with E-state index in [0.29, 0.717) is 30.3 Å². The summed E-state index contributed by atoms with van der Waals surface area (Å²) in [4.78, 5) is 28.8. The molecule has 0 radical (unpaired) electrons. The van der Waals surface area contributed by atoms with Crippen LogP contribution in [0.3, 0.4) is 0 Å². The van der Waals surface area contributed by atoms with Gasteiger partial charge in [-0.3, -0.25) is 4.79 Å². The molecule has 2 rings (SSSR count). The molecule has 1 aromatic rings. The van der Waals surface area contributed by atoms with Crippen molar-refractivity contribution < 1.29 is 14.3 Å². The first-order chi connectivity index (χ1) is 10.5. The van der Waals surface area contributed by atoms with Gasteiger partial charge < -0.3 is 19.3 Å². The van der Waals surface area contributed by atoms with Crippen LogP contribution < -0.4 is 9.80 Å². The predicted molar refractivity (Wildman–Crippen MR) is 84.5 cm³/mol. The SMILES string of the molecule is COC(=O)C(C)Sc1nc(N(C)C)nc(N2CCOCC2)n1. The Kier molecular flexibility index (Phi) is 5.78. The summed E-state index contributed by atoms with van der Waals surface area (Å²) in [7, 11) is 5.12. The number of hydrogen-bond donors (Lipinski definition) is 0. The molecule has 122 valence electrons. The number of hydrogen-bond acceptors (Lipinski definition) is 9. The standard InChI is InChI=1S/C13H21N5O3S/c1-9(10(19)20-4)22-13-15-11(17(2)3)14-12(16-13)18-5-7-21-8-6-18/h9H,5-8H2,1-4H3. The average Bonchev–Trinajstić information content (AvgIpc) is 2.54. The van der Waals surface area contributed by atoms with E-state index in [9.17, 15) is 4.79 Å². The van der Waals surface area contributed by atoms with Crippen LogP contribution in [0.4, 0.5) is 11.9 Å². The van der Waals surface area contributed by atoms with Gasteiger partial charge in [-0.05, 0) is 6.92 Å². The summed E-state index contributed by atoms with van der Waals surface area (Å²) in [5, 5.41) is 0.137. The largest absolute Gasteiger partial charge is 0.468 e. The molecule has 22 heavy (non-hydrogen) atoms. The van der Waals surface area contributed by atoms with E-state index >= 15 is 0 Å². The van der Waals surface area contributed by atoms with Gasteiger partial charge in [-0.15, -0.1) is 0 Å². The number of anilines is 2. The number of ether oxygens (including phenoxy) is 2. The summed E-state index contributed by atoms with van der Waals surface area (Å²) in [6.45, 7) is 4.57. The first kappa shape index (κ1) is 16.8. The smallest absolute Gasteiger partial charge is 0.318 e. The molecule has 2 heterocycles. The maximum Gasteiger partial charge on any atom is 0.318 e. The lowest BCUT2D eigenvalue weighted by atomic mass is 10.4. The molecule has 1 saturated heterocycles. The highest BCUT2D eigenvalue weighted by atomic mass is 32.2. The number of thioether (sulfide) groups is 1. The van der Waals surface area contributed by atoms with Crippen molar-refractivity contribution in [2.75, 3.05) is 57.3 Å². The van der Waals surface area contributed by atoms with E-state index in [1.54, 1.807) is 6.92 Å². The Hall–Kier alpha value is -1.61. The van der Waals surface area contributed by atoms with Gasteiger partial charge in [-0.2, -0.15) is 15.0 Å². The van der Waals surface area contributed by atoms with E-state index in [2.05, 4.69) is 19.9 Å². The van der Waals surface area contributed by atoms with Crippen LogP contribution in [0, 0.1) is 0 Å². The molecule has 0 aromatic carbocycles. The molecular weight excluding hydrogens is 306 g/mol. The number of carbonyl (C=O) groups is 1. The average molecular weight is 327 g/mol. The van der Waals surface area contributed by atoms with Gasteiger partial charge >= 0.3 is 5.97 Å². The van der Waals surface area contributed by atoms with Crippen molar-refractivity contribution in [2.45, 2.75) is 17.3 Å². The number of nitrogens with zero attached hydrogens (tertiary/aromatic N) is 5. The van der Waals surface area contributed by atoms with E-state index in [4.69, 9.17) is 9.47 Å². The molecule has 8 nitrogen and oxygen atoms in total. The molecule has 0 aliphatic carbocycles. The van der Waals surface area contributed by atoms with E-state index in [0.717, 1.165) is 13.1 Å². The third-order valence-corrected chi connectivity index (χ3v) is 4.04. The molecule has 0 bridgehead atoms. The lowest BCUT2D eigenvalue weighted by molar-refractivity contribution is -0.139. The fourth-order valence-corrected chi connectivity index (χ4v) is 2.64. The molecule has 1 aliphatic rings. The van der Waals surface area contributed by atoms with Crippen LogP contribution >= 0.6 is 11.8 Å². The minimum atomic E-state index is -0.375. The Bertz CT molecular complexity index is 522. The number of methoxy groups -OCH3 is 1.